The van der Waals surface area contributed by atoms with Crippen LogP contribution in [0.5, 0.6) is 0 Å². The fraction of sp³-hybridized carbons (Fsp3) is 0.667. The van der Waals surface area contributed by atoms with E-state index in [4.69, 9.17) is 4.42 Å². The Morgan fingerprint density at radius 2 is 2.40 bits per heavy atom. The van der Waals surface area contributed by atoms with Crippen molar-refractivity contribution >= 4 is 5.91 Å². The smallest absolute Gasteiger partial charge is 0.227 e. The zero-order valence-electron chi connectivity index (χ0n) is 12.6. The molecule has 0 spiro atoms. The first-order valence-corrected chi connectivity index (χ1v) is 7.22. The molecule has 2 rings (SSSR count). The summed E-state index contributed by atoms with van der Waals surface area (Å²) in [5.74, 6) is 1.00. The van der Waals surface area contributed by atoms with Crippen molar-refractivity contribution in [1.82, 2.24) is 15.5 Å². The number of piperidine rings is 1. The van der Waals surface area contributed by atoms with Crippen LogP contribution in [0.4, 0.5) is 0 Å². The topological polar surface area (TPSA) is 57.5 Å². The molecule has 20 heavy (non-hydrogen) atoms. The van der Waals surface area contributed by atoms with Gasteiger partial charge < -0.3 is 15.1 Å². The van der Waals surface area contributed by atoms with Gasteiger partial charge in [-0.3, -0.25) is 9.69 Å². The standard InChI is InChI=1S/C15H25N3O2/c1-15(7-5-8-16-11-15)14(19)17-10-12(18(2)3)13-6-4-9-20-13/h4,6,9,12,16H,5,7-8,10-11H2,1-3H3,(H,17,19). The lowest BCUT2D eigenvalue weighted by Crippen LogP contribution is -2.50. The number of rotatable bonds is 5. The van der Waals surface area contributed by atoms with E-state index in [0.29, 0.717) is 6.54 Å². The van der Waals surface area contributed by atoms with Gasteiger partial charge in [0.05, 0.1) is 17.7 Å². The fourth-order valence-corrected chi connectivity index (χ4v) is 2.67. The number of nitrogens with one attached hydrogen (secondary N) is 2. The van der Waals surface area contributed by atoms with Crippen LogP contribution in [0.15, 0.2) is 22.8 Å². The molecule has 1 aromatic heterocycles. The van der Waals surface area contributed by atoms with Gasteiger partial charge in [0.2, 0.25) is 5.91 Å². The quantitative estimate of drug-likeness (QED) is 0.855. The molecule has 0 aromatic carbocycles. The highest BCUT2D eigenvalue weighted by Gasteiger charge is 2.34. The Hall–Kier alpha value is -1.33. The molecule has 2 N–H and O–H groups in total. The van der Waals surface area contributed by atoms with Crippen LogP contribution in [0.3, 0.4) is 0 Å². The normalized spacial score (nSPS) is 24.6. The highest BCUT2D eigenvalue weighted by Crippen LogP contribution is 2.26. The van der Waals surface area contributed by atoms with Gasteiger partial charge in [0.25, 0.3) is 0 Å². The Morgan fingerprint density at radius 3 is 2.95 bits per heavy atom. The molecule has 2 atom stereocenters. The first kappa shape index (κ1) is 15.1. The zero-order valence-corrected chi connectivity index (χ0v) is 12.6. The Balaban J connectivity index is 1.94. The fourth-order valence-electron chi connectivity index (χ4n) is 2.67. The monoisotopic (exact) mass is 279 g/mol. The zero-order chi connectivity index (χ0) is 14.6. The molecule has 1 aliphatic heterocycles. The first-order valence-electron chi connectivity index (χ1n) is 7.22. The first-order chi connectivity index (χ1) is 9.53. The lowest BCUT2D eigenvalue weighted by Gasteiger charge is -2.33. The van der Waals surface area contributed by atoms with E-state index in [9.17, 15) is 4.79 Å². The molecule has 1 aliphatic rings. The molecule has 2 unspecified atom stereocenters. The second kappa shape index (κ2) is 6.41. The molecule has 0 aliphatic carbocycles. The van der Waals surface area contributed by atoms with Crippen molar-refractivity contribution in [1.29, 1.82) is 0 Å². The maximum Gasteiger partial charge on any atom is 0.227 e. The van der Waals surface area contributed by atoms with E-state index < -0.39 is 0 Å². The van der Waals surface area contributed by atoms with Gasteiger partial charge >= 0.3 is 0 Å². The second-order valence-corrected chi connectivity index (χ2v) is 6.05. The van der Waals surface area contributed by atoms with Crippen molar-refractivity contribution in [2.75, 3.05) is 33.7 Å². The highest BCUT2D eigenvalue weighted by molar-refractivity contribution is 5.82. The van der Waals surface area contributed by atoms with Crippen molar-refractivity contribution < 1.29 is 9.21 Å². The molecule has 1 fully saturated rings. The second-order valence-electron chi connectivity index (χ2n) is 6.05. The molecule has 0 saturated carbocycles. The number of carbonyl (C=O) groups excluding carboxylic acids is 1. The number of furan rings is 1. The molecule has 0 radical (unpaired) electrons. The Kier molecular flexibility index (Phi) is 4.83. The third-order valence-corrected chi connectivity index (χ3v) is 4.10. The average molecular weight is 279 g/mol. The number of carbonyl (C=O) groups is 1. The molecule has 5 heteroatoms. The van der Waals surface area contributed by atoms with Gasteiger partial charge in [-0.05, 0) is 52.5 Å². The summed E-state index contributed by atoms with van der Waals surface area (Å²) in [6, 6.07) is 3.88. The predicted molar refractivity (Wildman–Crippen MR) is 78.4 cm³/mol. The Labute approximate surface area is 120 Å². The number of hydrogen-bond donors (Lipinski definition) is 2. The van der Waals surface area contributed by atoms with Crippen molar-refractivity contribution in [2.45, 2.75) is 25.8 Å². The third-order valence-electron chi connectivity index (χ3n) is 4.10. The van der Waals surface area contributed by atoms with Gasteiger partial charge in [-0.25, -0.2) is 0 Å². The van der Waals surface area contributed by atoms with Gasteiger partial charge in [-0.2, -0.15) is 0 Å². The molecule has 1 saturated heterocycles. The van der Waals surface area contributed by atoms with Crippen LogP contribution in [-0.2, 0) is 4.79 Å². The summed E-state index contributed by atoms with van der Waals surface area (Å²) in [6.45, 7) is 4.36. The maximum atomic E-state index is 12.4. The van der Waals surface area contributed by atoms with Gasteiger partial charge in [0, 0.05) is 13.1 Å². The minimum Gasteiger partial charge on any atom is -0.468 e. The highest BCUT2D eigenvalue weighted by atomic mass is 16.3. The summed E-state index contributed by atoms with van der Waals surface area (Å²) >= 11 is 0. The predicted octanol–water partition coefficient (Wildman–Crippen LogP) is 1.39. The van der Waals surface area contributed by atoms with Crippen LogP contribution in [0.25, 0.3) is 0 Å². The lowest BCUT2D eigenvalue weighted by molar-refractivity contribution is -0.131. The largest absolute Gasteiger partial charge is 0.468 e. The summed E-state index contributed by atoms with van der Waals surface area (Å²) in [7, 11) is 3.98. The van der Waals surface area contributed by atoms with Crippen LogP contribution in [-0.4, -0.2) is 44.5 Å². The molecule has 1 aromatic rings. The summed E-state index contributed by atoms with van der Waals surface area (Å²) in [5, 5.41) is 6.39. The maximum absolute atomic E-state index is 12.4. The summed E-state index contributed by atoms with van der Waals surface area (Å²) in [5.41, 5.74) is -0.293. The SMILES string of the molecule is CN(C)C(CNC(=O)C1(C)CCCNC1)c1ccco1. The van der Waals surface area contributed by atoms with Crippen molar-refractivity contribution in [3.8, 4) is 0 Å². The van der Waals surface area contributed by atoms with E-state index in [1.807, 2.05) is 33.2 Å². The number of nitrogens with zero attached hydrogens (tertiary/aromatic N) is 1. The van der Waals surface area contributed by atoms with Crippen molar-refractivity contribution in [3.05, 3.63) is 24.2 Å². The van der Waals surface area contributed by atoms with Gasteiger partial charge in [-0.15, -0.1) is 0 Å². The number of amides is 1. The Bertz CT molecular complexity index is 422. The third kappa shape index (κ3) is 3.41. The lowest BCUT2D eigenvalue weighted by atomic mass is 9.82. The van der Waals surface area contributed by atoms with Crippen LogP contribution in [0, 0.1) is 5.41 Å². The van der Waals surface area contributed by atoms with E-state index in [-0.39, 0.29) is 17.4 Å². The van der Waals surface area contributed by atoms with E-state index in [1.165, 1.54) is 0 Å². The summed E-state index contributed by atoms with van der Waals surface area (Å²) < 4.78 is 5.45. The van der Waals surface area contributed by atoms with Gasteiger partial charge in [-0.1, -0.05) is 0 Å². The molecule has 112 valence electrons. The van der Waals surface area contributed by atoms with E-state index in [0.717, 1.165) is 31.7 Å². The summed E-state index contributed by atoms with van der Waals surface area (Å²) in [4.78, 5) is 14.5. The Morgan fingerprint density at radius 1 is 1.60 bits per heavy atom. The van der Waals surface area contributed by atoms with Gasteiger partial charge in [0.1, 0.15) is 5.76 Å². The summed E-state index contributed by atoms with van der Waals surface area (Å²) in [6.07, 6.45) is 3.67. The minimum atomic E-state index is -0.293. The molecule has 2 heterocycles. The van der Waals surface area contributed by atoms with E-state index in [2.05, 4.69) is 15.5 Å². The molecule has 5 nitrogen and oxygen atoms in total. The van der Waals surface area contributed by atoms with Crippen molar-refractivity contribution in [3.63, 3.8) is 0 Å². The number of hydrogen-bond acceptors (Lipinski definition) is 4. The van der Waals surface area contributed by atoms with Crippen LogP contribution in [0.2, 0.25) is 0 Å². The van der Waals surface area contributed by atoms with E-state index in [1.54, 1.807) is 6.26 Å². The average Bonchev–Trinajstić information content (AvgIpc) is 2.93. The van der Waals surface area contributed by atoms with E-state index >= 15 is 0 Å². The van der Waals surface area contributed by atoms with Crippen LogP contribution in [0.1, 0.15) is 31.6 Å². The van der Waals surface area contributed by atoms with Crippen LogP contribution < -0.4 is 10.6 Å². The van der Waals surface area contributed by atoms with Crippen LogP contribution >= 0.6 is 0 Å². The molecular formula is C15H25N3O2. The molecule has 1 amide bonds. The number of likely N-dealkylation sites (N-methyl/N-ethyl adjacent to an activating group) is 1. The minimum absolute atomic E-state index is 0.0640. The molecular weight excluding hydrogens is 254 g/mol. The van der Waals surface area contributed by atoms with Crippen molar-refractivity contribution in [2.24, 2.45) is 5.41 Å². The molecule has 0 bridgehead atoms. The van der Waals surface area contributed by atoms with Gasteiger partial charge in [0.15, 0.2) is 0 Å².